The second-order valence-corrected chi connectivity index (χ2v) is 6.95. The molecule has 9 nitrogen and oxygen atoms in total. The van der Waals surface area contributed by atoms with E-state index in [0.29, 0.717) is 35.9 Å². The van der Waals surface area contributed by atoms with Gasteiger partial charge in [-0.25, -0.2) is 9.67 Å². The number of nitrogens with zero attached hydrogens (tertiary/aromatic N) is 5. The van der Waals surface area contributed by atoms with Gasteiger partial charge in [-0.1, -0.05) is 6.07 Å². The van der Waals surface area contributed by atoms with Gasteiger partial charge in [-0.15, -0.1) is 0 Å². The van der Waals surface area contributed by atoms with E-state index in [1.54, 1.807) is 36.2 Å². The second kappa shape index (κ2) is 7.78. The molecule has 3 aromatic heterocycles. The zero-order chi connectivity index (χ0) is 20.4. The lowest BCUT2D eigenvalue weighted by molar-refractivity contribution is -0.133. The van der Waals surface area contributed by atoms with Crippen molar-refractivity contribution < 1.29 is 4.79 Å². The number of rotatable bonds is 4. The van der Waals surface area contributed by atoms with E-state index in [9.17, 15) is 14.4 Å². The van der Waals surface area contributed by atoms with Gasteiger partial charge in [0, 0.05) is 24.9 Å². The topological polar surface area (TPSA) is 114 Å². The number of likely N-dealkylation sites (tertiary alicyclic amines) is 1. The monoisotopic (exact) mass is 392 g/mol. The van der Waals surface area contributed by atoms with Crippen LogP contribution in [-0.4, -0.2) is 42.1 Å². The fraction of sp³-hybridized carbons (Fsp3) is 0.300. The Labute approximate surface area is 166 Å². The molecule has 3 aromatic rings. The average molecular weight is 392 g/mol. The Hall–Kier alpha value is -3.62. The summed E-state index contributed by atoms with van der Waals surface area (Å²) in [6.07, 6.45) is 3.09. The molecule has 1 atom stereocenters. The van der Waals surface area contributed by atoms with Gasteiger partial charge in [-0.05, 0) is 38.0 Å². The molecule has 148 valence electrons. The average Bonchev–Trinajstić information content (AvgIpc) is 3.21. The highest BCUT2D eigenvalue weighted by atomic mass is 16.2. The van der Waals surface area contributed by atoms with E-state index in [2.05, 4.69) is 20.1 Å². The molecule has 1 N–H and O–H groups in total. The number of pyridine rings is 1. The van der Waals surface area contributed by atoms with Crippen LogP contribution in [0.4, 0.5) is 0 Å². The molecular weight excluding hydrogens is 372 g/mol. The van der Waals surface area contributed by atoms with Crippen molar-refractivity contribution in [1.82, 2.24) is 29.6 Å². The van der Waals surface area contributed by atoms with E-state index in [1.165, 1.54) is 12.1 Å². The molecule has 1 fully saturated rings. The zero-order valence-electron chi connectivity index (χ0n) is 15.9. The van der Waals surface area contributed by atoms with Gasteiger partial charge in [0.25, 0.3) is 11.1 Å². The number of hydrogen-bond donors (Lipinski definition) is 1. The first-order valence-corrected chi connectivity index (χ1v) is 9.38. The Kier molecular flexibility index (Phi) is 5.03. The number of nitrogens with one attached hydrogen (secondary N) is 1. The summed E-state index contributed by atoms with van der Waals surface area (Å²) in [6, 6.07) is 9.42. The predicted molar refractivity (Wildman–Crippen MR) is 105 cm³/mol. The number of aromatic nitrogens is 5. The molecule has 4 heterocycles. The number of amides is 1. The Bertz CT molecular complexity index is 1150. The van der Waals surface area contributed by atoms with Crippen molar-refractivity contribution >= 4 is 5.91 Å². The Morgan fingerprint density at radius 1 is 1.21 bits per heavy atom. The van der Waals surface area contributed by atoms with Crippen LogP contribution in [0.2, 0.25) is 0 Å². The third kappa shape index (κ3) is 3.98. The van der Waals surface area contributed by atoms with Crippen LogP contribution in [0.1, 0.15) is 30.4 Å². The largest absolute Gasteiger partial charge is 0.331 e. The van der Waals surface area contributed by atoms with Gasteiger partial charge in [0.05, 0.1) is 23.1 Å². The lowest BCUT2D eigenvalue weighted by atomic mass is 10.2. The van der Waals surface area contributed by atoms with Crippen molar-refractivity contribution in [2.24, 2.45) is 0 Å². The van der Waals surface area contributed by atoms with Gasteiger partial charge in [0.2, 0.25) is 5.91 Å². The number of carbonyl (C=O) groups excluding carboxylic acids is 1. The van der Waals surface area contributed by atoms with Crippen molar-refractivity contribution in [2.75, 3.05) is 6.54 Å². The maximum absolute atomic E-state index is 12.9. The molecular formula is C20H20N6O3. The molecule has 1 aliphatic heterocycles. The molecule has 0 aromatic carbocycles. The second-order valence-electron chi connectivity index (χ2n) is 6.95. The number of carbonyl (C=O) groups is 1. The summed E-state index contributed by atoms with van der Waals surface area (Å²) in [5.74, 6) is 0.187. The van der Waals surface area contributed by atoms with Crippen LogP contribution in [0.15, 0.2) is 52.2 Å². The molecule has 0 aliphatic carbocycles. The molecule has 0 radical (unpaired) electrons. The standard InChI is InChI=1S/C20H20N6O3/c1-13-7-8-18(28)26(24-13)12-19(29)25-10-4-6-16(25)20-22-15(11-17(27)23-20)14-5-2-3-9-21-14/h2-3,5,7-9,11,16H,4,6,10,12H2,1H3,(H,22,23,27)/t16-/m0/s1. The number of aryl methyl sites for hydroxylation is 1. The van der Waals surface area contributed by atoms with Gasteiger partial charge in [0.1, 0.15) is 12.4 Å². The van der Waals surface area contributed by atoms with Gasteiger partial charge in [0.15, 0.2) is 0 Å². The van der Waals surface area contributed by atoms with Gasteiger partial charge in [-0.2, -0.15) is 5.10 Å². The number of hydrogen-bond acceptors (Lipinski definition) is 6. The van der Waals surface area contributed by atoms with Crippen LogP contribution in [0.3, 0.4) is 0 Å². The van der Waals surface area contributed by atoms with E-state index >= 15 is 0 Å². The van der Waals surface area contributed by atoms with Crippen LogP contribution in [0.5, 0.6) is 0 Å². The summed E-state index contributed by atoms with van der Waals surface area (Å²) < 4.78 is 1.16. The summed E-state index contributed by atoms with van der Waals surface area (Å²) in [4.78, 5) is 50.3. The molecule has 29 heavy (non-hydrogen) atoms. The van der Waals surface area contributed by atoms with E-state index in [-0.39, 0.29) is 29.6 Å². The first kappa shape index (κ1) is 18.7. The summed E-state index contributed by atoms with van der Waals surface area (Å²) in [5, 5.41) is 4.12. The lowest BCUT2D eigenvalue weighted by Crippen LogP contribution is -2.38. The Balaban J connectivity index is 1.62. The smallest absolute Gasteiger partial charge is 0.267 e. The van der Waals surface area contributed by atoms with Gasteiger partial charge in [-0.3, -0.25) is 19.4 Å². The maximum Gasteiger partial charge on any atom is 0.267 e. The fourth-order valence-corrected chi connectivity index (χ4v) is 3.51. The SMILES string of the molecule is Cc1ccc(=O)n(CC(=O)N2CCC[C@H]2c2nc(-c3ccccn3)cc(=O)[nH]2)n1. The zero-order valence-corrected chi connectivity index (χ0v) is 15.9. The molecule has 0 bridgehead atoms. The molecule has 1 aliphatic rings. The Morgan fingerprint density at radius 2 is 2.07 bits per heavy atom. The number of aromatic amines is 1. The molecule has 1 amide bonds. The summed E-state index contributed by atoms with van der Waals surface area (Å²) in [6.45, 7) is 2.14. The summed E-state index contributed by atoms with van der Waals surface area (Å²) >= 11 is 0. The highest BCUT2D eigenvalue weighted by molar-refractivity contribution is 5.76. The first-order chi connectivity index (χ1) is 14.0. The normalized spacial score (nSPS) is 16.2. The molecule has 4 rings (SSSR count). The minimum absolute atomic E-state index is 0.152. The van der Waals surface area contributed by atoms with E-state index in [1.807, 2.05) is 6.07 Å². The van der Waals surface area contributed by atoms with E-state index in [0.717, 1.165) is 11.1 Å². The minimum Gasteiger partial charge on any atom is -0.331 e. The van der Waals surface area contributed by atoms with Crippen molar-refractivity contribution in [2.45, 2.75) is 32.4 Å². The minimum atomic E-state index is -0.362. The van der Waals surface area contributed by atoms with Crippen molar-refractivity contribution in [3.63, 3.8) is 0 Å². The van der Waals surface area contributed by atoms with Gasteiger partial charge < -0.3 is 9.88 Å². The first-order valence-electron chi connectivity index (χ1n) is 9.38. The van der Waals surface area contributed by atoms with Crippen molar-refractivity contribution in [1.29, 1.82) is 0 Å². The third-order valence-electron chi connectivity index (χ3n) is 4.86. The highest BCUT2D eigenvalue weighted by Gasteiger charge is 2.32. The molecule has 9 heteroatoms. The molecule has 0 spiro atoms. The van der Waals surface area contributed by atoms with Crippen molar-refractivity contribution in [3.8, 4) is 11.4 Å². The lowest BCUT2D eigenvalue weighted by Gasteiger charge is -2.24. The van der Waals surface area contributed by atoms with E-state index < -0.39 is 0 Å². The van der Waals surface area contributed by atoms with E-state index in [4.69, 9.17) is 0 Å². The summed E-state index contributed by atoms with van der Waals surface area (Å²) in [5.41, 5.74) is 1.07. The predicted octanol–water partition coefficient (Wildman–Crippen LogP) is 1.06. The quantitative estimate of drug-likeness (QED) is 0.710. The fourth-order valence-electron chi connectivity index (χ4n) is 3.51. The summed E-state index contributed by atoms with van der Waals surface area (Å²) in [7, 11) is 0. The van der Waals surface area contributed by atoms with Crippen LogP contribution in [-0.2, 0) is 11.3 Å². The van der Waals surface area contributed by atoms with Crippen LogP contribution in [0, 0.1) is 6.92 Å². The van der Waals surface area contributed by atoms with Crippen molar-refractivity contribution in [3.05, 3.63) is 74.8 Å². The molecule has 1 saturated heterocycles. The number of H-pyrrole nitrogens is 1. The molecule has 0 unspecified atom stereocenters. The van der Waals surface area contributed by atoms with Crippen LogP contribution < -0.4 is 11.1 Å². The molecule has 0 saturated carbocycles. The highest BCUT2D eigenvalue weighted by Crippen LogP contribution is 2.30. The van der Waals surface area contributed by atoms with Crippen LogP contribution in [0.25, 0.3) is 11.4 Å². The maximum atomic E-state index is 12.9. The van der Waals surface area contributed by atoms with Crippen LogP contribution >= 0.6 is 0 Å². The third-order valence-corrected chi connectivity index (χ3v) is 4.86. The van der Waals surface area contributed by atoms with Gasteiger partial charge >= 0.3 is 0 Å². The Morgan fingerprint density at radius 3 is 2.86 bits per heavy atom.